The standard InChI is InChI=1S/C24H25N2O8PS/c27-20-18(12-33-35(30,31)32)34-23(21(20)28)26-11-17(22(36)25-24(26)29)19-15-7-3-1-5-13(15)9-10-14-6-2-4-8-16(14)19/h1-8,11,18-21,23,27-28H,9-10,12H2,(H,25,29,36)(H2,30,31,32)/t18-,20-,21-,23-/m1/s1. The summed E-state index contributed by atoms with van der Waals surface area (Å²) in [6.45, 7) is -0.674. The van der Waals surface area contributed by atoms with Crippen LogP contribution in [0.2, 0.25) is 0 Å². The van der Waals surface area contributed by atoms with Crippen LogP contribution in [0.5, 0.6) is 0 Å². The summed E-state index contributed by atoms with van der Waals surface area (Å²) in [6.07, 6.45) is -2.49. The molecule has 2 aromatic carbocycles. The van der Waals surface area contributed by atoms with Gasteiger partial charge < -0.3 is 24.7 Å². The van der Waals surface area contributed by atoms with Crippen LogP contribution in [0.1, 0.15) is 40.0 Å². The molecule has 10 nitrogen and oxygen atoms in total. The van der Waals surface area contributed by atoms with Crippen molar-refractivity contribution in [3.63, 3.8) is 0 Å². The molecule has 1 aliphatic heterocycles. The fraction of sp³-hybridized carbons (Fsp3) is 0.333. The molecule has 5 N–H and O–H groups in total. The Labute approximate surface area is 211 Å². The Hall–Kier alpha value is -2.47. The van der Waals surface area contributed by atoms with Crippen molar-refractivity contribution in [2.75, 3.05) is 6.61 Å². The molecule has 1 aromatic heterocycles. The number of nitrogens with zero attached hydrogens (tertiary/aromatic N) is 1. The number of aryl methyl sites for hydroxylation is 2. The van der Waals surface area contributed by atoms with Gasteiger partial charge in [-0.25, -0.2) is 9.36 Å². The lowest BCUT2D eigenvalue weighted by Gasteiger charge is -2.24. The van der Waals surface area contributed by atoms with Crippen LogP contribution in [0.15, 0.2) is 59.5 Å². The number of hydrogen-bond acceptors (Lipinski definition) is 7. The van der Waals surface area contributed by atoms with Gasteiger partial charge in [0.25, 0.3) is 0 Å². The molecule has 0 saturated carbocycles. The third-order valence-corrected chi connectivity index (χ3v) is 7.54. The Balaban J connectivity index is 1.60. The van der Waals surface area contributed by atoms with E-state index in [1.165, 1.54) is 6.20 Å². The van der Waals surface area contributed by atoms with E-state index in [1.54, 1.807) is 0 Å². The molecule has 36 heavy (non-hydrogen) atoms. The van der Waals surface area contributed by atoms with Gasteiger partial charge >= 0.3 is 13.5 Å². The Morgan fingerprint density at radius 1 is 1.00 bits per heavy atom. The third kappa shape index (κ3) is 4.77. The number of phosphoric ester groups is 1. The largest absolute Gasteiger partial charge is 0.469 e. The predicted molar refractivity (Wildman–Crippen MR) is 131 cm³/mol. The van der Waals surface area contributed by atoms with Gasteiger partial charge in [0, 0.05) is 17.7 Å². The summed E-state index contributed by atoms with van der Waals surface area (Å²) in [5.74, 6) is -0.298. The molecule has 2 aliphatic rings. The molecule has 3 aromatic rings. The van der Waals surface area contributed by atoms with E-state index >= 15 is 0 Å². The van der Waals surface area contributed by atoms with Crippen molar-refractivity contribution in [3.8, 4) is 0 Å². The number of H-pyrrole nitrogens is 1. The van der Waals surface area contributed by atoms with E-state index in [2.05, 4.69) is 21.6 Å². The molecule has 190 valence electrons. The maximum absolute atomic E-state index is 12.9. The van der Waals surface area contributed by atoms with E-state index in [9.17, 15) is 19.6 Å². The van der Waals surface area contributed by atoms with Crippen molar-refractivity contribution in [1.82, 2.24) is 9.55 Å². The van der Waals surface area contributed by atoms with Crippen LogP contribution in [-0.2, 0) is 26.7 Å². The minimum Gasteiger partial charge on any atom is -0.387 e. The van der Waals surface area contributed by atoms with Crippen molar-refractivity contribution in [1.29, 1.82) is 0 Å². The Bertz CT molecular complexity index is 1400. The second-order valence-electron chi connectivity index (χ2n) is 8.91. The molecule has 2 heterocycles. The fourth-order valence-corrected chi connectivity index (χ4v) is 5.62. The average Bonchev–Trinajstić information content (AvgIpc) is 3.02. The van der Waals surface area contributed by atoms with Crippen molar-refractivity contribution in [2.45, 2.75) is 43.3 Å². The summed E-state index contributed by atoms with van der Waals surface area (Å²) in [4.78, 5) is 33.5. The van der Waals surface area contributed by atoms with E-state index in [1.807, 2.05) is 36.4 Å². The van der Waals surface area contributed by atoms with Gasteiger partial charge in [0.15, 0.2) is 6.23 Å². The zero-order valence-corrected chi connectivity index (χ0v) is 20.6. The highest BCUT2D eigenvalue weighted by atomic mass is 32.1. The number of rotatable bonds is 5. The van der Waals surface area contributed by atoms with Gasteiger partial charge in [-0.15, -0.1) is 0 Å². The van der Waals surface area contributed by atoms with Gasteiger partial charge in [-0.3, -0.25) is 14.1 Å². The number of ether oxygens (including phenoxy) is 1. The predicted octanol–water partition coefficient (Wildman–Crippen LogP) is 1.91. The second-order valence-corrected chi connectivity index (χ2v) is 10.6. The first kappa shape index (κ1) is 25.2. The molecule has 4 atom stereocenters. The molecule has 0 amide bonds. The molecule has 1 aliphatic carbocycles. The number of hydrogen-bond donors (Lipinski definition) is 5. The van der Waals surface area contributed by atoms with E-state index in [0.29, 0.717) is 5.56 Å². The second kappa shape index (κ2) is 9.77. The zero-order valence-electron chi connectivity index (χ0n) is 18.9. The average molecular weight is 533 g/mol. The molecular formula is C24H25N2O8PS. The molecule has 5 rings (SSSR count). The Kier molecular flexibility index (Phi) is 6.84. The van der Waals surface area contributed by atoms with Crippen molar-refractivity contribution in [3.05, 3.63) is 97.7 Å². The number of fused-ring (bicyclic) bond motifs is 2. The lowest BCUT2D eigenvalue weighted by Crippen LogP contribution is -2.36. The van der Waals surface area contributed by atoms with E-state index in [-0.39, 0.29) is 10.6 Å². The summed E-state index contributed by atoms with van der Waals surface area (Å²) < 4.78 is 22.5. The third-order valence-electron chi connectivity index (χ3n) is 6.72. The molecular weight excluding hydrogens is 507 g/mol. The Morgan fingerprint density at radius 3 is 2.17 bits per heavy atom. The van der Waals surface area contributed by atoms with Gasteiger partial charge in [-0.05, 0) is 35.1 Å². The smallest absolute Gasteiger partial charge is 0.387 e. The van der Waals surface area contributed by atoms with Crippen molar-refractivity contribution < 1.29 is 33.8 Å². The quantitative estimate of drug-likeness (QED) is 0.245. The molecule has 1 saturated heterocycles. The summed E-state index contributed by atoms with van der Waals surface area (Å²) in [5, 5.41) is 21.0. The van der Waals surface area contributed by atoms with Gasteiger partial charge in [-0.1, -0.05) is 60.7 Å². The first-order chi connectivity index (χ1) is 17.1. The van der Waals surface area contributed by atoms with Crippen molar-refractivity contribution in [2.24, 2.45) is 0 Å². The molecule has 0 spiro atoms. The van der Waals surface area contributed by atoms with E-state index < -0.39 is 44.7 Å². The van der Waals surface area contributed by atoms with Crippen molar-refractivity contribution >= 4 is 20.0 Å². The highest BCUT2D eigenvalue weighted by molar-refractivity contribution is 7.71. The number of benzene rings is 2. The first-order valence-corrected chi connectivity index (χ1v) is 13.3. The highest BCUT2D eigenvalue weighted by Gasteiger charge is 2.45. The lowest BCUT2D eigenvalue weighted by molar-refractivity contribution is -0.0543. The zero-order chi connectivity index (χ0) is 25.6. The van der Waals surface area contributed by atoms with Crippen LogP contribution in [-0.4, -0.2) is 54.5 Å². The molecule has 1 fully saturated rings. The van der Waals surface area contributed by atoms with Crippen LogP contribution in [0.4, 0.5) is 0 Å². The summed E-state index contributed by atoms with van der Waals surface area (Å²) in [6, 6.07) is 16.1. The number of aliphatic hydroxyl groups excluding tert-OH is 2. The number of aliphatic hydroxyl groups is 2. The van der Waals surface area contributed by atoms with Crippen LogP contribution >= 0.6 is 20.0 Å². The van der Waals surface area contributed by atoms with Gasteiger partial charge in [0.1, 0.15) is 23.0 Å². The van der Waals surface area contributed by atoms with Crippen LogP contribution in [0.3, 0.4) is 0 Å². The molecule has 0 radical (unpaired) electrons. The van der Waals surface area contributed by atoms with Crippen LogP contribution in [0.25, 0.3) is 0 Å². The number of aromatic nitrogens is 2. The number of phosphoric acid groups is 1. The van der Waals surface area contributed by atoms with Crippen LogP contribution in [0, 0.1) is 4.64 Å². The highest BCUT2D eigenvalue weighted by Crippen LogP contribution is 2.40. The first-order valence-electron chi connectivity index (χ1n) is 11.4. The van der Waals surface area contributed by atoms with Gasteiger partial charge in [0.05, 0.1) is 6.61 Å². The fourth-order valence-electron chi connectivity index (χ4n) is 5.02. The summed E-state index contributed by atoms with van der Waals surface area (Å²) >= 11 is 5.59. The monoisotopic (exact) mass is 532 g/mol. The normalized spacial score (nSPS) is 24.2. The summed E-state index contributed by atoms with van der Waals surface area (Å²) in [5.41, 5.74) is 4.38. The molecule has 0 bridgehead atoms. The SMILES string of the molecule is O=c1[nH]c(=S)c(C2c3ccccc3CCc3ccccc32)cn1[C@@H]1O[C@H](COP(=O)(O)O)[C@@H](O)[C@H]1O. The number of aromatic amines is 1. The topological polar surface area (TPSA) is 154 Å². The maximum Gasteiger partial charge on any atom is 0.469 e. The number of nitrogens with one attached hydrogen (secondary N) is 1. The summed E-state index contributed by atoms with van der Waals surface area (Å²) in [7, 11) is -4.83. The van der Waals surface area contributed by atoms with Crippen LogP contribution < -0.4 is 5.69 Å². The minimum absolute atomic E-state index is 0.238. The van der Waals surface area contributed by atoms with E-state index in [0.717, 1.165) is 39.7 Å². The maximum atomic E-state index is 12.9. The lowest BCUT2D eigenvalue weighted by atomic mass is 9.84. The molecule has 0 unspecified atom stereocenters. The van der Waals surface area contributed by atoms with Gasteiger partial charge in [0.2, 0.25) is 0 Å². The Morgan fingerprint density at radius 2 is 1.58 bits per heavy atom. The van der Waals surface area contributed by atoms with Gasteiger partial charge in [-0.2, -0.15) is 0 Å². The minimum atomic E-state index is -4.83. The molecule has 12 heteroatoms. The van der Waals surface area contributed by atoms with E-state index in [4.69, 9.17) is 26.7 Å².